The molecule has 1 aliphatic carbocycles. The van der Waals surface area contributed by atoms with Crippen LogP contribution < -0.4 is 4.90 Å². The van der Waals surface area contributed by atoms with Crippen LogP contribution in [0.1, 0.15) is 30.4 Å². The second-order valence-electron chi connectivity index (χ2n) is 8.45. The predicted octanol–water partition coefficient (Wildman–Crippen LogP) is 3.42. The smallest absolute Gasteiger partial charge is 0.224 e. The highest BCUT2D eigenvalue weighted by Crippen LogP contribution is 2.61. The van der Waals surface area contributed by atoms with Crippen LogP contribution in [0.3, 0.4) is 0 Å². The first-order valence-electron chi connectivity index (χ1n) is 10.2. The largest absolute Gasteiger partial charge is 0.339 e. The molecular formula is C24H22N2O2. The number of amides is 1. The van der Waals surface area contributed by atoms with E-state index in [4.69, 9.17) is 0 Å². The Hall–Kier alpha value is -2.88. The Morgan fingerprint density at radius 1 is 1.00 bits per heavy atom. The van der Waals surface area contributed by atoms with Gasteiger partial charge in [0.05, 0.1) is 11.5 Å². The summed E-state index contributed by atoms with van der Waals surface area (Å²) < 4.78 is 0. The van der Waals surface area contributed by atoms with Crippen LogP contribution >= 0.6 is 0 Å². The first-order valence-corrected chi connectivity index (χ1v) is 10.2. The van der Waals surface area contributed by atoms with Gasteiger partial charge in [0, 0.05) is 42.9 Å². The van der Waals surface area contributed by atoms with Gasteiger partial charge in [0.25, 0.3) is 0 Å². The second-order valence-corrected chi connectivity index (χ2v) is 8.45. The second kappa shape index (κ2) is 5.57. The zero-order valence-electron chi connectivity index (χ0n) is 15.7. The van der Waals surface area contributed by atoms with Crippen LogP contribution in [0.5, 0.6) is 0 Å². The minimum atomic E-state index is -0.374. The van der Waals surface area contributed by atoms with E-state index >= 15 is 0 Å². The Kier molecular flexibility index (Phi) is 3.20. The molecule has 4 nitrogen and oxygen atoms in total. The molecule has 1 amide bonds. The number of carbonyl (C=O) groups excluding carboxylic acids is 2. The van der Waals surface area contributed by atoms with Gasteiger partial charge in [-0.05, 0) is 30.0 Å². The van der Waals surface area contributed by atoms with Crippen LogP contribution in [0.2, 0.25) is 0 Å². The Morgan fingerprint density at radius 3 is 2.64 bits per heavy atom. The van der Waals surface area contributed by atoms with Crippen molar-refractivity contribution in [3.8, 4) is 0 Å². The van der Waals surface area contributed by atoms with Gasteiger partial charge in [-0.2, -0.15) is 0 Å². The summed E-state index contributed by atoms with van der Waals surface area (Å²) in [6.45, 7) is 1.49. The van der Waals surface area contributed by atoms with E-state index in [1.165, 1.54) is 11.1 Å². The summed E-state index contributed by atoms with van der Waals surface area (Å²) >= 11 is 0. The van der Waals surface area contributed by atoms with Crippen molar-refractivity contribution in [2.24, 2.45) is 5.92 Å². The van der Waals surface area contributed by atoms with Gasteiger partial charge < -0.3 is 9.80 Å². The van der Waals surface area contributed by atoms with E-state index in [0.717, 1.165) is 30.8 Å². The molecule has 28 heavy (non-hydrogen) atoms. The minimum Gasteiger partial charge on any atom is -0.339 e. The van der Waals surface area contributed by atoms with E-state index in [2.05, 4.69) is 41.3 Å². The highest BCUT2D eigenvalue weighted by molar-refractivity contribution is 6.01. The topological polar surface area (TPSA) is 40.6 Å². The lowest BCUT2D eigenvalue weighted by Gasteiger charge is -2.46. The van der Waals surface area contributed by atoms with Crippen molar-refractivity contribution in [3.63, 3.8) is 0 Å². The van der Waals surface area contributed by atoms with Crippen LogP contribution in [-0.2, 0) is 21.5 Å². The van der Waals surface area contributed by atoms with Gasteiger partial charge >= 0.3 is 0 Å². The molecule has 0 aromatic heterocycles. The highest BCUT2D eigenvalue weighted by Gasteiger charge is 2.65. The van der Waals surface area contributed by atoms with E-state index in [1.54, 1.807) is 0 Å². The molecule has 2 fully saturated rings. The molecule has 3 aliphatic heterocycles. The summed E-state index contributed by atoms with van der Waals surface area (Å²) in [5.41, 5.74) is 4.22. The van der Waals surface area contributed by atoms with Crippen molar-refractivity contribution in [2.45, 2.75) is 37.3 Å². The van der Waals surface area contributed by atoms with Crippen molar-refractivity contribution in [3.05, 3.63) is 77.5 Å². The van der Waals surface area contributed by atoms with Gasteiger partial charge in [-0.25, -0.2) is 0 Å². The van der Waals surface area contributed by atoms with Crippen LogP contribution in [0.4, 0.5) is 5.69 Å². The molecule has 0 saturated carbocycles. The number of hydrogen-bond acceptors (Lipinski definition) is 3. The van der Waals surface area contributed by atoms with E-state index < -0.39 is 0 Å². The van der Waals surface area contributed by atoms with E-state index in [1.807, 2.05) is 29.2 Å². The molecule has 4 aliphatic rings. The fourth-order valence-corrected chi connectivity index (χ4v) is 6.10. The van der Waals surface area contributed by atoms with Crippen LogP contribution in [0.25, 0.3) is 0 Å². The van der Waals surface area contributed by atoms with Gasteiger partial charge in [-0.15, -0.1) is 0 Å². The third kappa shape index (κ3) is 1.90. The third-order valence-electron chi connectivity index (χ3n) is 7.14. The average Bonchev–Trinajstić information content (AvgIpc) is 3.17. The fourth-order valence-electron chi connectivity index (χ4n) is 6.10. The number of nitrogens with zero attached hydrogens (tertiary/aromatic N) is 2. The standard InChI is InChI=1S/C24H22N2O2/c27-20-13-21-24(14-22(28)25-12-6-9-17(20)23(24)25)18-10-4-5-11-19(18)26(21)15-16-7-2-1-3-8-16/h1-5,7-8,10-11,13,17,23H,6,9,12,14-15H2/t17-,23+,24+/m0/s1. The summed E-state index contributed by atoms with van der Waals surface area (Å²) in [4.78, 5) is 30.4. The van der Waals surface area contributed by atoms with E-state index in [0.29, 0.717) is 13.0 Å². The molecule has 0 unspecified atom stereocenters. The lowest BCUT2D eigenvalue weighted by molar-refractivity contribution is -0.133. The number of fused-ring (bicyclic) bond motifs is 1. The first kappa shape index (κ1) is 16.1. The number of carbonyl (C=O) groups is 2. The van der Waals surface area contributed by atoms with Gasteiger partial charge in [-0.3, -0.25) is 9.59 Å². The van der Waals surface area contributed by atoms with Crippen molar-refractivity contribution in [1.29, 1.82) is 0 Å². The summed E-state index contributed by atoms with van der Waals surface area (Å²) in [6.07, 6.45) is 4.16. The highest BCUT2D eigenvalue weighted by atomic mass is 16.2. The molecule has 0 bridgehead atoms. The maximum absolute atomic E-state index is 13.1. The van der Waals surface area contributed by atoms with E-state index in [9.17, 15) is 9.59 Å². The zero-order valence-corrected chi connectivity index (χ0v) is 15.7. The third-order valence-corrected chi connectivity index (χ3v) is 7.14. The molecule has 2 aromatic rings. The SMILES string of the molecule is O=C1C=C2N(Cc3ccccc3)c3ccccc3[C@]23CC(=O)N2CCC[C@@H]1[C@@H]23. The van der Waals surface area contributed by atoms with Crippen molar-refractivity contribution in [2.75, 3.05) is 11.4 Å². The molecule has 3 heterocycles. The number of allylic oxidation sites excluding steroid dienone is 1. The van der Waals surface area contributed by atoms with Gasteiger partial charge in [0.2, 0.25) is 5.91 Å². The molecule has 3 atom stereocenters. The quantitative estimate of drug-likeness (QED) is 0.813. The van der Waals surface area contributed by atoms with Crippen molar-refractivity contribution >= 4 is 17.4 Å². The number of hydrogen-bond donors (Lipinski definition) is 0. The van der Waals surface area contributed by atoms with Crippen LogP contribution in [-0.4, -0.2) is 29.2 Å². The molecule has 0 radical (unpaired) electrons. The Bertz CT molecular complexity index is 1030. The predicted molar refractivity (Wildman–Crippen MR) is 107 cm³/mol. The normalized spacial score (nSPS) is 30.1. The fraction of sp³-hybridized carbons (Fsp3) is 0.333. The molecule has 1 spiro atoms. The van der Waals surface area contributed by atoms with Crippen LogP contribution in [0, 0.1) is 5.92 Å². The molecule has 4 heteroatoms. The average molecular weight is 370 g/mol. The number of para-hydroxylation sites is 1. The molecule has 2 saturated heterocycles. The zero-order chi connectivity index (χ0) is 18.9. The lowest BCUT2D eigenvalue weighted by Crippen LogP contribution is -2.56. The summed E-state index contributed by atoms with van der Waals surface area (Å²) in [6, 6.07) is 18.8. The van der Waals surface area contributed by atoms with Gasteiger partial charge in [0.1, 0.15) is 0 Å². The Morgan fingerprint density at radius 2 is 1.79 bits per heavy atom. The molecule has 2 aromatic carbocycles. The molecule has 0 N–H and O–H groups in total. The maximum atomic E-state index is 13.1. The van der Waals surface area contributed by atoms with E-state index in [-0.39, 0.29) is 29.1 Å². The number of benzene rings is 2. The molecule has 6 rings (SSSR count). The summed E-state index contributed by atoms with van der Waals surface area (Å²) in [5, 5.41) is 0. The monoisotopic (exact) mass is 370 g/mol. The number of rotatable bonds is 2. The maximum Gasteiger partial charge on any atom is 0.224 e. The Balaban J connectivity index is 1.57. The van der Waals surface area contributed by atoms with Crippen LogP contribution in [0.15, 0.2) is 66.4 Å². The summed E-state index contributed by atoms with van der Waals surface area (Å²) in [7, 11) is 0. The Labute approximate surface area is 164 Å². The van der Waals surface area contributed by atoms with Crippen molar-refractivity contribution in [1.82, 2.24) is 4.90 Å². The number of ketones is 1. The lowest BCUT2D eigenvalue weighted by atomic mass is 9.63. The van der Waals surface area contributed by atoms with Crippen molar-refractivity contribution < 1.29 is 9.59 Å². The number of piperidine rings is 1. The molecule has 140 valence electrons. The first-order chi connectivity index (χ1) is 13.7. The number of anilines is 1. The van der Waals surface area contributed by atoms with Gasteiger partial charge in [-0.1, -0.05) is 48.5 Å². The van der Waals surface area contributed by atoms with Gasteiger partial charge in [0.15, 0.2) is 5.78 Å². The minimum absolute atomic E-state index is 0.0248. The summed E-state index contributed by atoms with van der Waals surface area (Å²) in [5.74, 6) is 0.334. The molecular weight excluding hydrogens is 348 g/mol.